The van der Waals surface area contributed by atoms with Gasteiger partial charge in [-0.05, 0) is 55.3 Å². The summed E-state index contributed by atoms with van der Waals surface area (Å²) in [6, 6.07) is 10.4. The van der Waals surface area contributed by atoms with Crippen LogP contribution in [0.2, 0.25) is 5.02 Å². The third-order valence-electron chi connectivity index (χ3n) is 3.37. The van der Waals surface area contributed by atoms with Gasteiger partial charge in [-0.2, -0.15) is 0 Å². The third kappa shape index (κ3) is 2.97. The van der Waals surface area contributed by atoms with E-state index < -0.39 is 0 Å². The minimum atomic E-state index is 0.767. The lowest BCUT2D eigenvalue weighted by atomic mass is 9.96. The Balaban J connectivity index is 2.54. The fourth-order valence-electron chi connectivity index (χ4n) is 2.50. The number of methoxy groups -OCH3 is 1. The van der Waals surface area contributed by atoms with Crippen molar-refractivity contribution in [3.8, 4) is 16.9 Å². The second-order valence-corrected chi connectivity index (χ2v) is 5.40. The molecule has 0 aliphatic heterocycles. The standard InChI is InChI=1S/C17H20ClNO/c1-11-7-12(2)17(16(8-11)20-4)13-5-6-14(10-19-3)15(18)9-13/h5-9,19H,10H2,1-4H3. The Morgan fingerprint density at radius 1 is 1.15 bits per heavy atom. The first-order chi connectivity index (χ1) is 9.56. The van der Waals surface area contributed by atoms with Gasteiger partial charge in [0.05, 0.1) is 7.11 Å². The van der Waals surface area contributed by atoms with Crippen LogP contribution < -0.4 is 10.1 Å². The average Bonchev–Trinajstić information content (AvgIpc) is 2.40. The van der Waals surface area contributed by atoms with Gasteiger partial charge in [-0.15, -0.1) is 0 Å². The quantitative estimate of drug-likeness (QED) is 0.903. The first-order valence-corrected chi connectivity index (χ1v) is 7.03. The van der Waals surface area contributed by atoms with Crippen molar-refractivity contribution in [2.75, 3.05) is 14.2 Å². The minimum absolute atomic E-state index is 0.767. The van der Waals surface area contributed by atoms with Crippen molar-refractivity contribution in [2.24, 2.45) is 0 Å². The molecule has 2 aromatic rings. The van der Waals surface area contributed by atoms with Crippen molar-refractivity contribution < 1.29 is 4.74 Å². The van der Waals surface area contributed by atoms with E-state index in [0.29, 0.717) is 0 Å². The molecule has 0 amide bonds. The van der Waals surface area contributed by atoms with Gasteiger partial charge in [0.1, 0.15) is 5.75 Å². The van der Waals surface area contributed by atoms with Gasteiger partial charge in [0.25, 0.3) is 0 Å². The first-order valence-electron chi connectivity index (χ1n) is 6.65. The van der Waals surface area contributed by atoms with Crippen molar-refractivity contribution in [3.05, 3.63) is 52.0 Å². The Kier molecular flexibility index (Phi) is 4.69. The third-order valence-corrected chi connectivity index (χ3v) is 3.72. The maximum Gasteiger partial charge on any atom is 0.127 e. The van der Waals surface area contributed by atoms with Crippen molar-refractivity contribution >= 4 is 11.6 Å². The maximum atomic E-state index is 6.36. The van der Waals surface area contributed by atoms with Crippen LogP contribution in [-0.4, -0.2) is 14.2 Å². The summed E-state index contributed by atoms with van der Waals surface area (Å²) >= 11 is 6.36. The van der Waals surface area contributed by atoms with Crippen LogP contribution >= 0.6 is 11.6 Å². The average molecular weight is 290 g/mol. The van der Waals surface area contributed by atoms with Crippen molar-refractivity contribution in [3.63, 3.8) is 0 Å². The molecule has 0 atom stereocenters. The summed E-state index contributed by atoms with van der Waals surface area (Å²) in [4.78, 5) is 0. The predicted octanol–water partition coefficient (Wildman–Crippen LogP) is 4.35. The van der Waals surface area contributed by atoms with E-state index in [4.69, 9.17) is 16.3 Å². The van der Waals surface area contributed by atoms with Crippen LogP contribution in [0.15, 0.2) is 30.3 Å². The van der Waals surface area contributed by atoms with Gasteiger partial charge in [-0.1, -0.05) is 29.8 Å². The van der Waals surface area contributed by atoms with Crippen LogP contribution in [0, 0.1) is 13.8 Å². The van der Waals surface area contributed by atoms with Gasteiger partial charge in [-0.25, -0.2) is 0 Å². The summed E-state index contributed by atoms with van der Waals surface area (Å²) in [6.07, 6.45) is 0. The molecule has 0 saturated heterocycles. The SMILES string of the molecule is CNCc1ccc(-c2c(C)cc(C)cc2OC)cc1Cl. The molecule has 2 nitrogen and oxygen atoms in total. The van der Waals surface area contributed by atoms with Gasteiger partial charge < -0.3 is 10.1 Å². The molecule has 106 valence electrons. The summed E-state index contributed by atoms with van der Waals surface area (Å²) in [5.41, 5.74) is 5.68. The number of halogens is 1. The number of hydrogen-bond acceptors (Lipinski definition) is 2. The van der Waals surface area contributed by atoms with E-state index in [1.54, 1.807) is 7.11 Å². The molecule has 0 saturated carbocycles. The fourth-order valence-corrected chi connectivity index (χ4v) is 2.74. The van der Waals surface area contributed by atoms with Crippen molar-refractivity contribution in [1.82, 2.24) is 5.32 Å². The largest absolute Gasteiger partial charge is 0.496 e. The molecular formula is C17H20ClNO. The van der Waals surface area contributed by atoms with Crippen LogP contribution in [0.4, 0.5) is 0 Å². The molecule has 2 aromatic carbocycles. The zero-order valence-corrected chi connectivity index (χ0v) is 13.1. The van der Waals surface area contributed by atoms with Crippen molar-refractivity contribution in [2.45, 2.75) is 20.4 Å². The Morgan fingerprint density at radius 2 is 1.90 bits per heavy atom. The predicted molar refractivity (Wildman–Crippen MR) is 85.7 cm³/mol. The molecule has 1 N–H and O–H groups in total. The van der Waals surface area contributed by atoms with Gasteiger partial charge in [0.2, 0.25) is 0 Å². The Bertz CT molecular complexity index is 623. The second-order valence-electron chi connectivity index (χ2n) is 5.00. The molecule has 0 radical (unpaired) electrons. The molecule has 0 bridgehead atoms. The molecule has 0 aliphatic carbocycles. The van der Waals surface area contributed by atoms with Gasteiger partial charge in [-0.3, -0.25) is 0 Å². The molecular weight excluding hydrogens is 270 g/mol. The summed E-state index contributed by atoms with van der Waals surface area (Å²) in [5, 5.41) is 3.89. The topological polar surface area (TPSA) is 21.3 Å². The first kappa shape index (κ1) is 14.9. The lowest BCUT2D eigenvalue weighted by molar-refractivity contribution is 0.416. The van der Waals surface area contributed by atoms with E-state index in [1.165, 1.54) is 11.1 Å². The molecule has 20 heavy (non-hydrogen) atoms. The summed E-state index contributed by atoms with van der Waals surface area (Å²) in [5.74, 6) is 0.889. The van der Waals surface area contributed by atoms with E-state index in [2.05, 4.69) is 43.4 Å². The Morgan fingerprint density at radius 3 is 2.50 bits per heavy atom. The molecule has 0 fully saturated rings. The van der Waals surface area contributed by atoms with Crippen LogP contribution in [0.3, 0.4) is 0 Å². The molecule has 0 heterocycles. The number of rotatable bonds is 4. The van der Waals surface area contributed by atoms with E-state index in [9.17, 15) is 0 Å². The van der Waals surface area contributed by atoms with Crippen molar-refractivity contribution in [1.29, 1.82) is 0 Å². The van der Waals surface area contributed by atoms with E-state index >= 15 is 0 Å². The molecule has 2 rings (SSSR count). The van der Waals surface area contributed by atoms with Crippen LogP contribution in [0.1, 0.15) is 16.7 Å². The molecule has 0 spiro atoms. The lowest BCUT2D eigenvalue weighted by Gasteiger charge is -2.14. The Labute approximate surface area is 125 Å². The number of benzene rings is 2. The van der Waals surface area contributed by atoms with E-state index in [1.807, 2.05) is 13.1 Å². The highest BCUT2D eigenvalue weighted by Gasteiger charge is 2.11. The zero-order chi connectivity index (χ0) is 14.7. The highest BCUT2D eigenvalue weighted by molar-refractivity contribution is 6.31. The summed E-state index contributed by atoms with van der Waals surface area (Å²) < 4.78 is 5.52. The summed E-state index contributed by atoms with van der Waals surface area (Å²) in [7, 11) is 3.62. The second kappa shape index (κ2) is 6.29. The summed E-state index contributed by atoms with van der Waals surface area (Å²) in [6.45, 7) is 4.94. The van der Waals surface area contributed by atoms with Gasteiger partial charge in [0, 0.05) is 17.1 Å². The molecule has 0 aromatic heterocycles. The highest BCUT2D eigenvalue weighted by atomic mass is 35.5. The van der Waals surface area contributed by atoms with E-state index in [-0.39, 0.29) is 0 Å². The van der Waals surface area contributed by atoms with Crippen LogP contribution in [0.25, 0.3) is 11.1 Å². The molecule has 0 aliphatic rings. The number of hydrogen-bond donors (Lipinski definition) is 1. The highest BCUT2D eigenvalue weighted by Crippen LogP contribution is 2.36. The number of aryl methyl sites for hydroxylation is 2. The van der Waals surface area contributed by atoms with Gasteiger partial charge in [0.15, 0.2) is 0 Å². The fraction of sp³-hybridized carbons (Fsp3) is 0.294. The van der Waals surface area contributed by atoms with Crippen LogP contribution in [0.5, 0.6) is 5.75 Å². The number of ether oxygens (including phenoxy) is 1. The monoisotopic (exact) mass is 289 g/mol. The van der Waals surface area contributed by atoms with E-state index in [0.717, 1.165) is 34.0 Å². The smallest absolute Gasteiger partial charge is 0.127 e. The number of nitrogens with one attached hydrogen (secondary N) is 1. The molecule has 0 unspecified atom stereocenters. The minimum Gasteiger partial charge on any atom is -0.496 e. The Hall–Kier alpha value is -1.51. The normalized spacial score (nSPS) is 10.7. The lowest BCUT2D eigenvalue weighted by Crippen LogP contribution is -2.05. The maximum absolute atomic E-state index is 6.36. The molecule has 3 heteroatoms. The van der Waals surface area contributed by atoms with Gasteiger partial charge >= 0.3 is 0 Å². The zero-order valence-electron chi connectivity index (χ0n) is 12.4. The van der Waals surface area contributed by atoms with Crippen LogP contribution in [-0.2, 0) is 6.54 Å².